The van der Waals surface area contributed by atoms with Crippen LogP contribution in [0, 0.1) is 20.8 Å². The average molecular weight is 479 g/mol. The maximum absolute atomic E-state index is 12.1. The molecule has 0 unspecified atom stereocenters. The molecule has 0 saturated heterocycles. The molecule has 0 bridgehead atoms. The third-order valence-corrected chi connectivity index (χ3v) is 6.11. The third kappa shape index (κ3) is 2.76. The number of fused-ring (bicyclic) bond motifs is 2. The first-order valence-corrected chi connectivity index (χ1v) is 9.84. The average Bonchev–Trinajstić information content (AvgIpc) is 2.61. The topological polar surface area (TPSA) is 42.7 Å². The smallest absolute Gasteiger partial charge is 0.339 e. The molecule has 0 radical (unpaired) electrons. The fourth-order valence-corrected chi connectivity index (χ4v) is 4.69. The van der Waals surface area contributed by atoms with Crippen molar-refractivity contribution < 1.29 is 9.15 Å². The predicted molar refractivity (Wildman–Crippen MR) is 110 cm³/mol. The van der Waals surface area contributed by atoms with Crippen molar-refractivity contribution in [1.82, 2.24) is 0 Å². The monoisotopic (exact) mass is 477 g/mol. The molecule has 1 aliphatic heterocycles. The van der Waals surface area contributed by atoms with Crippen molar-refractivity contribution >= 4 is 48.5 Å². The standard InChI is InChI=1S/C20H17Br2NO3/c1-10-11(2)20(24)26-19-12(3)18-13(6-15(10)19)8-23(9-25-18)17-5-4-14(21)7-16(17)22/h4-7H,8-9H2,1-3H3. The van der Waals surface area contributed by atoms with Crippen LogP contribution in [0.5, 0.6) is 5.75 Å². The summed E-state index contributed by atoms with van der Waals surface area (Å²) >= 11 is 7.12. The van der Waals surface area contributed by atoms with Gasteiger partial charge in [-0.25, -0.2) is 4.79 Å². The Kier molecular flexibility index (Phi) is 4.35. The summed E-state index contributed by atoms with van der Waals surface area (Å²) in [5.41, 5.74) is 5.00. The Bertz CT molecular complexity index is 1100. The zero-order valence-corrected chi connectivity index (χ0v) is 17.8. The van der Waals surface area contributed by atoms with Crippen LogP contribution in [0.1, 0.15) is 22.3 Å². The number of hydrogen-bond donors (Lipinski definition) is 0. The van der Waals surface area contributed by atoms with Crippen molar-refractivity contribution in [3.63, 3.8) is 0 Å². The highest BCUT2D eigenvalue weighted by atomic mass is 79.9. The molecule has 0 aliphatic carbocycles. The lowest BCUT2D eigenvalue weighted by Gasteiger charge is -2.32. The Morgan fingerprint density at radius 1 is 1.04 bits per heavy atom. The van der Waals surface area contributed by atoms with E-state index in [1.165, 1.54) is 0 Å². The van der Waals surface area contributed by atoms with Crippen LogP contribution < -0.4 is 15.3 Å². The van der Waals surface area contributed by atoms with Gasteiger partial charge in [0.25, 0.3) is 0 Å². The molecule has 4 nitrogen and oxygen atoms in total. The molecule has 0 saturated carbocycles. The van der Waals surface area contributed by atoms with Gasteiger partial charge in [0.2, 0.25) is 0 Å². The van der Waals surface area contributed by atoms with Gasteiger partial charge in [-0.05, 0) is 66.5 Å². The maximum atomic E-state index is 12.1. The molecule has 1 aliphatic rings. The van der Waals surface area contributed by atoms with Gasteiger partial charge in [0.05, 0.1) is 5.69 Å². The third-order valence-electron chi connectivity index (χ3n) is 4.98. The molecule has 0 amide bonds. The summed E-state index contributed by atoms with van der Waals surface area (Å²) in [6, 6.07) is 8.19. The lowest BCUT2D eigenvalue weighted by atomic mass is 9.99. The fourth-order valence-electron chi connectivity index (χ4n) is 3.39. The zero-order chi connectivity index (χ0) is 18.6. The second-order valence-electron chi connectivity index (χ2n) is 6.57. The van der Waals surface area contributed by atoms with E-state index in [1.54, 1.807) is 6.92 Å². The summed E-state index contributed by atoms with van der Waals surface area (Å²) in [6.45, 7) is 6.88. The van der Waals surface area contributed by atoms with Gasteiger partial charge in [-0.2, -0.15) is 0 Å². The highest BCUT2D eigenvalue weighted by molar-refractivity contribution is 9.11. The van der Waals surface area contributed by atoms with Crippen molar-refractivity contribution in [3.05, 3.63) is 65.9 Å². The van der Waals surface area contributed by atoms with Gasteiger partial charge in [-0.15, -0.1) is 0 Å². The molecule has 26 heavy (non-hydrogen) atoms. The van der Waals surface area contributed by atoms with Gasteiger partial charge in [0.1, 0.15) is 11.3 Å². The Balaban J connectivity index is 1.84. The van der Waals surface area contributed by atoms with Crippen molar-refractivity contribution in [1.29, 1.82) is 0 Å². The van der Waals surface area contributed by atoms with Gasteiger partial charge < -0.3 is 14.1 Å². The number of aryl methyl sites for hydroxylation is 2. The van der Waals surface area contributed by atoms with E-state index >= 15 is 0 Å². The Hall–Kier alpha value is -1.79. The summed E-state index contributed by atoms with van der Waals surface area (Å²) < 4.78 is 13.6. The van der Waals surface area contributed by atoms with E-state index in [-0.39, 0.29) is 5.63 Å². The van der Waals surface area contributed by atoms with Crippen molar-refractivity contribution in [2.75, 3.05) is 11.6 Å². The fraction of sp³-hybridized carbons (Fsp3) is 0.250. The zero-order valence-electron chi connectivity index (χ0n) is 14.7. The Morgan fingerprint density at radius 2 is 1.81 bits per heavy atom. The number of rotatable bonds is 1. The highest BCUT2D eigenvalue weighted by Crippen LogP contribution is 2.39. The molecule has 2 heterocycles. The van der Waals surface area contributed by atoms with Crippen LogP contribution in [0.25, 0.3) is 11.0 Å². The van der Waals surface area contributed by atoms with Crippen LogP contribution in [-0.4, -0.2) is 6.73 Å². The maximum Gasteiger partial charge on any atom is 0.339 e. The predicted octanol–water partition coefficient (Wildman–Crippen LogP) is 5.60. The quantitative estimate of drug-likeness (QED) is 0.427. The number of ether oxygens (including phenoxy) is 1. The molecule has 0 fully saturated rings. The Morgan fingerprint density at radius 3 is 2.54 bits per heavy atom. The molecule has 0 N–H and O–H groups in total. The number of halogens is 2. The first-order chi connectivity index (χ1) is 12.4. The number of nitrogens with zero attached hydrogens (tertiary/aromatic N) is 1. The number of anilines is 1. The van der Waals surface area contributed by atoms with E-state index in [0.717, 1.165) is 49.0 Å². The highest BCUT2D eigenvalue weighted by Gasteiger charge is 2.24. The lowest BCUT2D eigenvalue weighted by Crippen LogP contribution is -2.32. The molecule has 134 valence electrons. The van der Waals surface area contributed by atoms with Crippen molar-refractivity contribution in [3.8, 4) is 5.75 Å². The van der Waals surface area contributed by atoms with E-state index in [4.69, 9.17) is 9.15 Å². The summed E-state index contributed by atoms with van der Waals surface area (Å²) in [6.07, 6.45) is 0. The first-order valence-electron chi connectivity index (χ1n) is 8.26. The molecule has 4 rings (SSSR count). The molecule has 0 spiro atoms. The SMILES string of the molecule is Cc1c(C)c2cc3c(c(C)c2oc1=O)OCN(c1ccc(Br)cc1Br)C3. The second-order valence-corrected chi connectivity index (χ2v) is 8.34. The van der Waals surface area contributed by atoms with Gasteiger partial charge in [0.15, 0.2) is 6.73 Å². The van der Waals surface area contributed by atoms with Crippen molar-refractivity contribution in [2.45, 2.75) is 27.3 Å². The number of hydrogen-bond acceptors (Lipinski definition) is 4. The molecule has 1 aromatic heterocycles. The first kappa shape index (κ1) is 17.6. The largest absolute Gasteiger partial charge is 0.472 e. The van der Waals surface area contributed by atoms with Crippen LogP contribution in [0.4, 0.5) is 5.69 Å². The molecule has 6 heteroatoms. The minimum atomic E-state index is -0.283. The van der Waals surface area contributed by atoms with E-state index in [2.05, 4.69) is 48.9 Å². The minimum Gasteiger partial charge on any atom is -0.472 e. The van der Waals surface area contributed by atoms with Crippen LogP contribution >= 0.6 is 31.9 Å². The summed E-state index contributed by atoms with van der Waals surface area (Å²) in [5.74, 6) is 0.813. The van der Waals surface area contributed by atoms with E-state index in [9.17, 15) is 4.79 Å². The molecule has 2 aromatic carbocycles. The van der Waals surface area contributed by atoms with Gasteiger partial charge >= 0.3 is 5.63 Å². The van der Waals surface area contributed by atoms with E-state index in [0.29, 0.717) is 17.9 Å². The lowest BCUT2D eigenvalue weighted by molar-refractivity contribution is 0.287. The normalized spacial score (nSPS) is 13.7. The van der Waals surface area contributed by atoms with Gasteiger partial charge in [-0.3, -0.25) is 0 Å². The van der Waals surface area contributed by atoms with Gasteiger partial charge in [-0.1, -0.05) is 15.9 Å². The van der Waals surface area contributed by atoms with Crippen LogP contribution in [0.15, 0.2) is 42.4 Å². The molecular formula is C20H17Br2NO3. The van der Waals surface area contributed by atoms with Crippen LogP contribution in [-0.2, 0) is 6.54 Å². The summed E-state index contributed by atoms with van der Waals surface area (Å²) in [5, 5.41) is 0.971. The van der Waals surface area contributed by atoms with Crippen LogP contribution in [0.3, 0.4) is 0 Å². The Labute approximate surface area is 168 Å². The second kappa shape index (κ2) is 6.43. The summed E-state index contributed by atoms with van der Waals surface area (Å²) in [4.78, 5) is 14.2. The van der Waals surface area contributed by atoms with E-state index in [1.807, 2.05) is 26.0 Å². The van der Waals surface area contributed by atoms with Crippen LogP contribution in [0.2, 0.25) is 0 Å². The molecule has 3 aromatic rings. The van der Waals surface area contributed by atoms with Crippen molar-refractivity contribution in [2.24, 2.45) is 0 Å². The number of benzene rings is 2. The minimum absolute atomic E-state index is 0.283. The molecule has 0 atom stereocenters. The molecular weight excluding hydrogens is 462 g/mol. The van der Waals surface area contributed by atoms with E-state index < -0.39 is 0 Å². The summed E-state index contributed by atoms with van der Waals surface area (Å²) in [7, 11) is 0. The van der Waals surface area contributed by atoms with Gasteiger partial charge in [0, 0.05) is 37.6 Å².